The van der Waals surface area contributed by atoms with Gasteiger partial charge in [-0.3, -0.25) is 4.90 Å². The van der Waals surface area contributed by atoms with Crippen LogP contribution in [-0.4, -0.2) is 37.1 Å². The molecule has 0 spiro atoms. The molecular formula is C31H34N2OS. The zero-order valence-corrected chi connectivity index (χ0v) is 21.5. The molecule has 4 aromatic rings. The van der Waals surface area contributed by atoms with Crippen molar-refractivity contribution in [2.75, 3.05) is 26.0 Å². The van der Waals surface area contributed by atoms with E-state index in [4.69, 9.17) is 4.84 Å². The fourth-order valence-corrected chi connectivity index (χ4v) is 4.70. The van der Waals surface area contributed by atoms with Crippen LogP contribution in [0.4, 0.5) is 0 Å². The summed E-state index contributed by atoms with van der Waals surface area (Å²) < 4.78 is 0. The summed E-state index contributed by atoms with van der Waals surface area (Å²) in [5.74, 6) is 0. The highest BCUT2D eigenvalue weighted by Gasteiger charge is 2.09. The van der Waals surface area contributed by atoms with Gasteiger partial charge in [0.25, 0.3) is 0 Å². The quantitative estimate of drug-likeness (QED) is 0.0888. The predicted octanol–water partition coefficient (Wildman–Crippen LogP) is 7.88. The second kappa shape index (κ2) is 13.1. The standard InChI is InChI=1S/C31H34N2OS/c1-3-33(24-25-11-5-4-6-12-25)21-9-10-22-34-32-23-31-29-14-8-7-13-26(29)17-20-30(31)27-15-18-28(35-2)19-16-27/h4-8,11-20,23H,3,9-10,21-22,24H2,1-2H3. The van der Waals surface area contributed by atoms with E-state index < -0.39 is 0 Å². The van der Waals surface area contributed by atoms with Crippen molar-refractivity contribution in [3.63, 3.8) is 0 Å². The van der Waals surface area contributed by atoms with Gasteiger partial charge in [0, 0.05) is 17.0 Å². The maximum Gasteiger partial charge on any atom is 0.117 e. The number of fused-ring (bicyclic) bond motifs is 1. The van der Waals surface area contributed by atoms with Crippen LogP contribution in [0, 0.1) is 0 Å². The molecule has 0 N–H and O–H groups in total. The molecule has 0 saturated carbocycles. The van der Waals surface area contributed by atoms with Gasteiger partial charge in [-0.05, 0) is 71.8 Å². The van der Waals surface area contributed by atoms with Gasteiger partial charge < -0.3 is 4.84 Å². The van der Waals surface area contributed by atoms with Gasteiger partial charge in [0.1, 0.15) is 6.61 Å². The van der Waals surface area contributed by atoms with Crippen LogP contribution in [0.1, 0.15) is 30.9 Å². The highest BCUT2D eigenvalue weighted by Crippen LogP contribution is 2.30. The van der Waals surface area contributed by atoms with Gasteiger partial charge in [-0.1, -0.05) is 90.9 Å². The Morgan fingerprint density at radius 2 is 1.63 bits per heavy atom. The molecule has 0 fully saturated rings. The molecule has 0 bridgehead atoms. The van der Waals surface area contributed by atoms with Crippen molar-refractivity contribution < 1.29 is 4.84 Å². The molecule has 4 heteroatoms. The monoisotopic (exact) mass is 482 g/mol. The molecule has 0 unspecified atom stereocenters. The number of rotatable bonds is 12. The number of hydrogen-bond donors (Lipinski definition) is 0. The molecular weight excluding hydrogens is 448 g/mol. The lowest BCUT2D eigenvalue weighted by molar-refractivity contribution is 0.137. The summed E-state index contributed by atoms with van der Waals surface area (Å²) in [6, 6.07) is 32.2. The normalized spacial score (nSPS) is 11.5. The minimum Gasteiger partial charge on any atom is -0.396 e. The third kappa shape index (κ3) is 6.97. The van der Waals surface area contributed by atoms with Crippen LogP contribution in [-0.2, 0) is 11.4 Å². The van der Waals surface area contributed by atoms with Gasteiger partial charge in [0.2, 0.25) is 0 Å². The molecule has 35 heavy (non-hydrogen) atoms. The van der Waals surface area contributed by atoms with Gasteiger partial charge in [-0.15, -0.1) is 11.8 Å². The summed E-state index contributed by atoms with van der Waals surface area (Å²) in [6.45, 7) is 5.97. The van der Waals surface area contributed by atoms with E-state index in [1.165, 1.54) is 32.4 Å². The third-order valence-electron chi connectivity index (χ3n) is 6.28. The zero-order chi connectivity index (χ0) is 24.3. The first-order chi connectivity index (χ1) is 17.3. The Morgan fingerprint density at radius 3 is 2.40 bits per heavy atom. The molecule has 0 aromatic heterocycles. The van der Waals surface area contributed by atoms with Gasteiger partial charge in [0.05, 0.1) is 6.21 Å². The molecule has 4 aromatic carbocycles. The zero-order valence-electron chi connectivity index (χ0n) is 20.7. The van der Waals surface area contributed by atoms with Crippen LogP contribution in [0.5, 0.6) is 0 Å². The average molecular weight is 483 g/mol. The van der Waals surface area contributed by atoms with E-state index in [2.05, 4.69) is 114 Å². The number of thioether (sulfide) groups is 1. The first kappa shape index (κ1) is 25.0. The van der Waals surface area contributed by atoms with Crippen LogP contribution < -0.4 is 0 Å². The van der Waals surface area contributed by atoms with Crippen LogP contribution >= 0.6 is 11.8 Å². The smallest absolute Gasteiger partial charge is 0.117 e. The molecule has 0 amide bonds. The van der Waals surface area contributed by atoms with Crippen molar-refractivity contribution in [1.29, 1.82) is 0 Å². The molecule has 4 rings (SSSR count). The average Bonchev–Trinajstić information content (AvgIpc) is 2.92. The van der Waals surface area contributed by atoms with E-state index in [0.717, 1.165) is 38.0 Å². The van der Waals surface area contributed by atoms with Crippen molar-refractivity contribution >= 4 is 28.7 Å². The molecule has 0 radical (unpaired) electrons. The second-order valence-electron chi connectivity index (χ2n) is 8.61. The Hall–Kier alpha value is -3.08. The lowest BCUT2D eigenvalue weighted by Crippen LogP contribution is -2.24. The first-order valence-electron chi connectivity index (χ1n) is 12.4. The lowest BCUT2D eigenvalue weighted by Gasteiger charge is -2.20. The summed E-state index contributed by atoms with van der Waals surface area (Å²) in [5.41, 5.74) is 4.82. The summed E-state index contributed by atoms with van der Waals surface area (Å²) in [6.07, 6.45) is 6.07. The first-order valence-corrected chi connectivity index (χ1v) is 13.6. The van der Waals surface area contributed by atoms with Crippen LogP contribution in [0.15, 0.2) is 101 Å². The molecule has 0 aliphatic rings. The molecule has 0 aliphatic carbocycles. The van der Waals surface area contributed by atoms with E-state index in [9.17, 15) is 0 Å². The highest BCUT2D eigenvalue weighted by atomic mass is 32.2. The molecule has 0 aliphatic heterocycles. The number of benzene rings is 4. The van der Waals surface area contributed by atoms with E-state index in [1.807, 2.05) is 6.21 Å². The van der Waals surface area contributed by atoms with E-state index in [1.54, 1.807) is 11.8 Å². The van der Waals surface area contributed by atoms with Crippen LogP contribution in [0.2, 0.25) is 0 Å². The second-order valence-corrected chi connectivity index (χ2v) is 9.49. The number of nitrogens with zero attached hydrogens (tertiary/aromatic N) is 2. The van der Waals surface area contributed by atoms with Crippen molar-refractivity contribution in [2.24, 2.45) is 5.16 Å². The largest absolute Gasteiger partial charge is 0.396 e. The lowest BCUT2D eigenvalue weighted by atomic mass is 9.95. The predicted molar refractivity (Wildman–Crippen MR) is 151 cm³/mol. The van der Waals surface area contributed by atoms with Crippen molar-refractivity contribution in [3.05, 3.63) is 102 Å². The Kier molecular flexibility index (Phi) is 9.39. The van der Waals surface area contributed by atoms with Crippen molar-refractivity contribution in [1.82, 2.24) is 4.90 Å². The maximum absolute atomic E-state index is 5.70. The Balaban J connectivity index is 1.36. The number of hydrogen-bond acceptors (Lipinski definition) is 4. The van der Waals surface area contributed by atoms with Crippen LogP contribution in [0.25, 0.3) is 21.9 Å². The third-order valence-corrected chi connectivity index (χ3v) is 7.03. The Morgan fingerprint density at radius 1 is 0.857 bits per heavy atom. The molecule has 180 valence electrons. The summed E-state index contributed by atoms with van der Waals surface area (Å²) in [7, 11) is 0. The summed E-state index contributed by atoms with van der Waals surface area (Å²) in [4.78, 5) is 9.43. The topological polar surface area (TPSA) is 24.8 Å². The number of oxime groups is 1. The minimum atomic E-state index is 0.627. The van der Waals surface area contributed by atoms with E-state index in [0.29, 0.717) is 6.61 Å². The fraction of sp³-hybridized carbons (Fsp3) is 0.258. The SMILES string of the molecule is CCN(CCCCON=Cc1c(-c2ccc(SC)cc2)ccc2ccccc12)Cc1ccccc1. The molecule has 0 heterocycles. The van der Waals surface area contributed by atoms with E-state index in [-0.39, 0.29) is 0 Å². The van der Waals surface area contributed by atoms with E-state index >= 15 is 0 Å². The molecule has 3 nitrogen and oxygen atoms in total. The summed E-state index contributed by atoms with van der Waals surface area (Å²) in [5, 5.41) is 6.76. The van der Waals surface area contributed by atoms with Gasteiger partial charge in [-0.2, -0.15) is 0 Å². The van der Waals surface area contributed by atoms with Gasteiger partial charge >= 0.3 is 0 Å². The van der Waals surface area contributed by atoms with Crippen molar-refractivity contribution in [2.45, 2.75) is 31.2 Å². The Labute approximate surface area is 213 Å². The highest BCUT2D eigenvalue weighted by molar-refractivity contribution is 7.98. The number of unbranched alkanes of at least 4 members (excludes halogenated alkanes) is 1. The minimum absolute atomic E-state index is 0.627. The molecule has 0 atom stereocenters. The van der Waals surface area contributed by atoms with Crippen LogP contribution in [0.3, 0.4) is 0 Å². The maximum atomic E-state index is 5.70. The molecule has 0 saturated heterocycles. The fourth-order valence-electron chi connectivity index (χ4n) is 4.29. The van der Waals surface area contributed by atoms with Gasteiger partial charge in [-0.25, -0.2) is 0 Å². The van der Waals surface area contributed by atoms with Gasteiger partial charge in [0.15, 0.2) is 0 Å². The summed E-state index contributed by atoms with van der Waals surface area (Å²) >= 11 is 1.76. The Bertz CT molecular complexity index is 1220. The van der Waals surface area contributed by atoms with Crippen molar-refractivity contribution in [3.8, 4) is 11.1 Å².